The van der Waals surface area contributed by atoms with E-state index in [1.807, 2.05) is 6.07 Å². The Morgan fingerprint density at radius 2 is 1.44 bits per heavy atom. The topological polar surface area (TPSA) is 43.5 Å². The summed E-state index contributed by atoms with van der Waals surface area (Å²) in [6, 6.07) is 8.31. The highest BCUT2D eigenvalue weighted by Crippen LogP contribution is 2.13. The van der Waals surface area contributed by atoms with Crippen LogP contribution in [0.4, 0.5) is 0 Å². The summed E-state index contributed by atoms with van der Waals surface area (Å²) in [6.45, 7) is 4.35. The van der Waals surface area contributed by atoms with E-state index in [1.165, 1.54) is 11.1 Å². The molecule has 2 aliphatic heterocycles. The lowest BCUT2D eigenvalue weighted by Gasteiger charge is -2.06. The van der Waals surface area contributed by atoms with Crippen molar-refractivity contribution in [1.82, 2.24) is 0 Å². The number of ether oxygens (including phenoxy) is 4. The minimum atomic E-state index is 0.329. The van der Waals surface area contributed by atoms with E-state index in [2.05, 4.69) is 18.2 Å². The lowest BCUT2D eigenvalue weighted by atomic mass is 10.1. The van der Waals surface area contributed by atoms with E-state index in [0.717, 1.165) is 13.2 Å². The Balaban J connectivity index is 1.41. The summed E-state index contributed by atoms with van der Waals surface area (Å²) in [5, 5.41) is 0. The zero-order valence-corrected chi connectivity index (χ0v) is 10.3. The Kier molecular flexibility index (Phi) is 3.90. The summed E-state index contributed by atoms with van der Waals surface area (Å²) in [4.78, 5) is 0. The van der Waals surface area contributed by atoms with Crippen molar-refractivity contribution in [2.75, 3.05) is 26.4 Å². The van der Waals surface area contributed by atoms with Gasteiger partial charge in [-0.15, -0.1) is 0 Å². The molecule has 18 heavy (non-hydrogen) atoms. The molecule has 2 atom stereocenters. The van der Waals surface area contributed by atoms with Crippen molar-refractivity contribution in [2.24, 2.45) is 0 Å². The van der Waals surface area contributed by atoms with Crippen LogP contribution in [0.3, 0.4) is 0 Å². The fourth-order valence-corrected chi connectivity index (χ4v) is 1.75. The van der Waals surface area contributed by atoms with Crippen LogP contribution < -0.4 is 0 Å². The highest BCUT2D eigenvalue weighted by molar-refractivity contribution is 5.22. The van der Waals surface area contributed by atoms with Crippen molar-refractivity contribution in [3.05, 3.63) is 35.4 Å². The van der Waals surface area contributed by atoms with Crippen molar-refractivity contribution in [3.63, 3.8) is 0 Å². The molecule has 1 aromatic rings. The third-order valence-corrected chi connectivity index (χ3v) is 2.94. The Hall–Kier alpha value is -0.940. The second kappa shape index (κ2) is 5.80. The molecular weight excluding hydrogens is 232 g/mol. The average molecular weight is 250 g/mol. The molecule has 0 radical (unpaired) electrons. The predicted octanol–water partition coefficient (Wildman–Crippen LogP) is 1.52. The van der Waals surface area contributed by atoms with Crippen molar-refractivity contribution in [1.29, 1.82) is 0 Å². The molecule has 0 amide bonds. The fraction of sp³-hybridized carbons (Fsp3) is 0.571. The molecule has 1 unspecified atom stereocenters. The third-order valence-electron chi connectivity index (χ3n) is 2.94. The second-order valence-electron chi connectivity index (χ2n) is 4.76. The lowest BCUT2D eigenvalue weighted by Crippen LogP contribution is -2.03. The third kappa shape index (κ3) is 4.07. The van der Waals surface area contributed by atoms with Crippen LogP contribution in [0.25, 0.3) is 0 Å². The van der Waals surface area contributed by atoms with Gasteiger partial charge in [-0.2, -0.15) is 0 Å². The Morgan fingerprint density at radius 1 is 0.944 bits per heavy atom. The van der Waals surface area contributed by atoms with Crippen LogP contribution in [-0.2, 0) is 32.2 Å². The first-order valence-corrected chi connectivity index (χ1v) is 6.36. The van der Waals surface area contributed by atoms with E-state index >= 15 is 0 Å². The normalized spacial score (nSPS) is 25.1. The SMILES string of the molecule is c1cc(COCC2CO2)cc(COC[C@H]2CO2)c1. The van der Waals surface area contributed by atoms with Gasteiger partial charge in [-0.1, -0.05) is 24.3 Å². The quantitative estimate of drug-likeness (QED) is 0.656. The molecule has 0 N–H and O–H groups in total. The molecule has 0 aliphatic carbocycles. The molecule has 4 heteroatoms. The summed E-state index contributed by atoms with van der Waals surface area (Å²) in [5.74, 6) is 0. The molecule has 3 rings (SSSR count). The van der Waals surface area contributed by atoms with Crippen LogP contribution in [0.2, 0.25) is 0 Å². The molecule has 2 aliphatic rings. The average Bonchev–Trinajstić information content (AvgIpc) is 3.25. The van der Waals surface area contributed by atoms with Gasteiger partial charge in [-0.25, -0.2) is 0 Å². The van der Waals surface area contributed by atoms with E-state index in [-0.39, 0.29) is 0 Å². The molecule has 0 bridgehead atoms. The molecule has 0 spiro atoms. The highest BCUT2D eigenvalue weighted by atomic mass is 16.6. The molecule has 2 saturated heterocycles. The summed E-state index contributed by atoms with van der Waals surface area (Å²) in [6.07, 6.45) is 0.658. The van der Waals surface area contributed by atoms with Gasteiger partial charge < -0.3 is 18.9 Å². The monoisotopic (exact) mass is 250 g/mol. The maximum absolute atomic E-state index is 5.57. The maximum atomic E-state index is 5.57. The number of benzene rings is 1. The lowest BCUT2D eigenvalue weighted by molar-refractivity contribution is 0.100. The van der Waals surface area contributed by atoms with Gasteiger partial charge in [-0.05, 0) is 11.1 Å². The Labute approximate surface area is 107 Å². The zero-order valence-electron chi connectivity index (χ0n) is 10.3. The van der Waals surface area contributed by atoms with Crippen LogP contribution in [0, 0.1) is 0 Å². The number of rotatable bonds is 8. The van der Waals surface area contributed by atoms with E-state index in [0.29, 0.717) is 38.6 Å². The van der Waals surface area contributed by atoms with Crippen LogP contribution in [-0.4, -0.2) is 38.6 Å². The maximum Gasteiger partial charge on any atom is 0.104 e. The summed E-state index contributed by atoms with van der Waals surface area (Å²) in [7, 11) is 0. The Bertz CT molecular complexity index is 352. The molecule has 2 heterocycles. The van der Waals surface area contributed by atoms with Crippen molar-refractivity contribution < 1.29 is 18.9 Å². The summed E-state index contributed by atoms with van der Waals surface area (Å²) in [5.41, 5.74) is 2.36. The van der Waals surface area contributed by atoms with Gasteiger partial charge in [0.2, 0.25) is 0 Å². The van der Waals surface area contributed by atoms with Gasteiger partial charge in [0.15, 0.2) is 0 Å². The van der Waals surface area contributed by atoms with Crippen LogP contribution in [0.5, 0.6) is 0 Å². The largest absolute Gasteiger partial charge is 0.374 e. The van der Waals surface area contributed by atoms with Gasteiger partial charge >= 0.3 is 0 Å². The standard InChI is InChI=1S/C14H18O4/c1-2-11(5-15-7-13-9-17-13)4-12(3-1)6-16-8-14-10-18-14/h1-4,13-14H,5-10H2/t13-,14?/m0/s1. The molecule has 4 nitrogen and oxygen atoms in total. The highest BCUT2D eigenvalue weighted by Gasteiger charge is 2.22. The van der Waals surface area contributed by atoms with Crippen LogP contribution in [0.15, 0.2) is 24.3 Å². The van der Waals surface area contributed by atoms with E-state index in [1.54, 1.807) is 0 Å². The molecule has 0 saturated carbocycles. The van der Waals surface area contributed by atoms with Gasteiger partial charge in [0.1, 0.15) is 12.2 Å². The number of hydrogen-bond acceptors (Lipinski definition) is 4. The molecule has 2 fully saturated rings. The van der Waals surface area contributed by atoms with Gasteiger partial charge in [-0.3, -0.25) is 0 Å². The first kappa shape index (κ1) is 12.1. The molecule has 1 aromatic carbocycles. The number of hydrogen-bond donors (Lipinski definition) is 0. The summed E-state index contributed by atoms with van der Waals surface area (Å²) < 4.78 is 21.3. The van der Waals surface area contributed by atoms with Crippen molar-refractivity contribution >= 4 is 0 Å². The van der Waals surface area contributed by atoms with Crippen molar-refractivity contribution in [3.8, 4) is 0 Å². The first-order chi connectivity index (χ1) is 8.90. The predicted molar refractivity (Wildman–Crippen MR) is 65.2 cm³/mol. The van der Waals surface area contributed by atoms with Gasteiger partial charge in [0.05, 0.1) is 39.6 Å². The Morgan fingerprint density at radius 3 is 1.89 bits per heavy atom. The zero-order chi connectivity index (χ0) is 12.2. The van der Waals surface area contributed by atoms with E-state index < -0.39 is 0 Å². The second-order valence-corrected chi connectivity index (χ2v) is 4.76. The minimum Gasteiger partial charge on any atom is -0.374 e. The fourth-order valence-electron chi connectivity index (χ4n) is 1.75. The number of epoxide rings is 2. The minimum absolute atomic E-state index is 0.329. The van der Waals surface area contributed by atoms with E-state index in [4.69, 9.17) is 18.9 Å². The molecular formula is C14H18O4. The summed E-state index contributed by atoms with van der Waals surface area (Å²) >= 11 is 0. The van der Waals surface area contributed by atoms with Crippen LogP contribution in [0.1, 0.15) is 11.1 Å². The molecule has 0 aromatic heterocycles. The van der Waals surface area contributed by atoms with Gasteiger partial charge in [0, 0.05) is 0 Å². The first-order valence-electron chi connectivity index (χ1n) is 6.36. The van der Waals surface area contributed by atoms with Crippen LogP contribution >= 0.6 is 0 Å². The van der Waals surface area contributed by atoms with Gasteiger partial charge in [0.25, 0.3) is 0 Å². The van der Waals surface area contributed by atoms with Crippen molar-refractivity contribution in [2.45, 2.75) is 25.4 Å². The van der Waals surface area contributed by atoms with E-state index in [9.17, 15) is 0 Å². The smallest absolute Gasteiger partial charge is 0.104 e. The molecule has 98 valence electrons.